The summed E-state index contributed by atoms with van der Waals surface area (Å²) in [6.45, 7) is 3.00. The first kappa shape index (κ1) is 32.2. The third kappa shape index (κ3) is 11.3. The number of ether oxygens (including phenoxy) is 1. The zero-order valence-corrected chi connectivity index (χ0v) is 22.6. The summed E-state index contributed by atoms with van der Waals surface area (Å²) in [6.07, 6.45) is 0.679. The number of esters is 1. The number of hydrogen-bond acceptors (Lipinski definition) is 9. The minimum atomic E-state index is -1.04. The van der Waals surface area contributed by atoms with Crippen molar-refractivity contribution in [3.05, 3.63) is 64.2 Å². The van der Waals surface area contributed by atoms with Crippen LogP contribution in [0.3, 0.4) is 0 Å². The third-order valence-electron chi connectivity index (χ3n) is 5.69. The van der Waals surface area contributed by atoms with E-state index in [9.17, 15) is 29.3 Å². The summed E-state index contributed by atoms with van der Waals surface area (Å²) in [5, 5.41) is 28.5. The summed E-state index contributed by atoms with van der Waals surface area (Å²) >= 11 is 0. The van der Waals surface area contributed by atoms with E-state index in [0.29, 0.717) is 17.7 Å². The number of nitro groups is 1. The third-order valence-corrected chi connectivity index (χ3v) is 5.69. The van der Waals surface area contributed by atoms with E-state index < -0.39 is 46.7 Å². The number of nitro benzene ring substituents is 1. The molecule has 3 atom stereocenters. The van der Waals surface area contributed by atoms with Gasteiger partial charge in [-0.15, -0.1) is 0 Å². The van der Waals surface area contributed by atoms with Gasteiger partial charge in [-0.05, 0) is 56.0 Å². The largest absolute Gasteiger partial charge is 0.427 e. The minimum absolute atomic E-state index is 0.148. The SMILES string of the molecule is CC(=O)Oc1ccc(C[C@H](N)C(=O)N[C@@H](C)C(=O)N[C@@H](CCCNC(=N)N)C(=O)Nc2ccc([N+](=O)[O-])cc2)cc1. The fraction of sp³-hybridized carbons (Fsp3) is 0.346. The smallest absolute Gasteiger partial charge is 0.308 e. The van der Waals surface area contributed by atoms with Gasteiger partial charge in [-0.3, -0.25) is 34.7 Å². The maximum atomic E-state index is 13.0. The number of anilines is 1. The zero-order chi connectivity index (χ0) is 30.5. The van der Waals surface area contributed by atoms with Crippen molar-refractivity contribution in [2.24, 2.45) is 11.5 Å². The molecule has 0 aliphatic carbocycles. The Bertz CT molecular complexity index is 1250. The van der Waals surface area contributed by atoms with Crippen molar-refractivity contribution in [1.29, 1.82) is 5.41 Å². The molecule has 0 aromatic heterocycles. The Morgan fingerprint density at radius 2 is 1.63 bits per heavy atom. The lowest BCUT2D eigenvalue weighted by Gasteiger charge is -2.22. The van der Waals surface area contributed by atoms with Crippen LogP contribution in [0.25, 0.3) is 0 Å². The van der Waals surface area contributed by atoms with E-state index >= 15 is 0 Å². The van der Waals surface area contributed by atoms with Crippen molar-refractivity contribution < 1.29 is 28.8 Å². The van der Waals surface area contributed by atoms with Crippen LogP contribution in [-0.2, 0) is 25.6 Å². The topological polar surface area (TPSA) is 245 Å². The quantitative estimate of drug-likeness (QED) is 0.0311. The van der Waals surface area contributed by atoms with E-state index in [1.165, 1.54) is 38.1 Å². The Morgan fingerprint density at radius 1 is 1.00 bits per heavy atom. The average Bonchev–Trinajstić information content (AvgIpc) is 2.91. The molecule has 2 aromatic rings. The van der Waals surface area contributed by atoms with E-state index in [1.807, 2.05) is 0 Å². The lowest BCUT2D eigenvalue weighted by Crippen LogP contribution is -2.54. The molecule has 0 unspecified atom stereocenters. The number of amides is 3. The van der Waals surface area contributed by atoms with Crippen LogP contribution in [0.1, 0.15) is 32.3 Å². The highest BCUT2D eigenvalue weighted by atomic mass is 16.6. The minimum Gasteiger partial charge on any atom is -0.427 e. The molecule has 15 nitrogen and oxygen atoms in total. The molecule has 3 amide bonds. The van der Waals surface area contributed by atoms with Gasteiger partial charge in [0.05, 0.1) is 11.0 Å². The van der Waals surface area contributed by atoms with E-state index in [0.717, 1.165) is 0 Å². The number of guanidine groups is 1. The van der Waals surface area contributed by atoms with Crippen LogP contribution in [0.4, 0.5) is 11.4 Å². The first-order chi connectivity index (χ1) is 19.3. The molecule has 0 radical (unpaired) electrons. The Kier molecular flexibility index (Phi) is 12.2. The highest BCUT2D eigenvalue weighted by molar-refractivity contribution is 5.98. The second-order valence-electron chi connectivity index (χ2n) is 9.12. The van der Waals surface area contributed by atoms with Gasteiger partial charge < -0.3 is 37.5 Å². The van der Waals surface area contributed by atoms with Gasteiger partial charge in [-0.1, -0.05) is 12.1 Å². The summed E-state index contributed by atoms with van der Waals surface area (Å²) in [6, 6.07) is 8.61. The normalized spacial score (nSPS) is 12.7. The number of rotatable bonds is 14. The highest BCUT2D eigenvalue weighted by Crippen LogP contribution is 2.16. The van der Waals surface area contributed by atoms with E-state index in [1.54, 1.807) is 24.3 Å². The molecule has 0 saturated heterocycles. The van der Waals surface area contributed by atoms with E-state index in [-0.39, 0.29) is 36.7 Å². The molecule has 0 bridgehead atoms. The first-order valence-corrected chi connectivity index (χ1v) is 12.6. The summed E-state index contributed by atoms with van der Waals surface area (Å²) < 4.78 is 4.97. The molecule has 0 spiro atoms. The number of carbonyl (C=O) groups is 4. The van der Waals surface area contributed by atoms with Gasteiger partial charge in [0.25, 0.3) is 5.69 Å². The number of nitrogens with zero attached hydrogens (tertiary/aromatic N) is 1. The van der Waals surface area contributed by atoms with Crippen LogP contribution >= 0.6 is 0 Å². The number of hydrogen-bond donors (Lipinski definition) is 7. The van der Waals surface area contributed by atoms with Crippen molar-refractivity contribution in [3.8, 4) is 5.75 Å². The summed E-state index contributed by atoms with van der Waals surface area (Å²) in [5.74, 6) is -2.15. The Hall–Kier alpha value is -5.05. The number of benzene rings is 2. The molecule has 0 fully saturated rings. The van der Waals surface area contributed by atoms with Gasteiger partial charge in [-0.25, -0.2) is 0 Å². The van der Waals surface area contributed by atoms with Gasteiger partial charge in [0.15, 0.2) is 5.96 Å². The molecule has 220 valence electrons. The Balaban J connectivity index is 1.98. The van der Waals surface area contributed by atoms with E-state index in [2.05, 4.69) is 21.3 Å². The van der Waals surface area contributed by atoms with Crippen LogP contribution in [-0.4, -0.2) is 59.2 Å². The van der Waals surface area contributed by atoms with Crippen molar-refractivity contribution in [3.63, 3.8) is 0 Å². The molecule has 41 heavy (non-hydrogen) atoms. The maximum absolute atomic E-state index is 13.0. The van der Waals surface area contributed by atoms with Crippen molar-refractivity contribution in [1.82, 2.24) is 16.0 Å². The number of nitrogens with one attached hydrogen (secondary N) is 5. The van der Waals surface area contributed by atoms with Crippen molar-refractivity contribution in [2.45, 2.75) is 51.2 Å². The molecule has 2 rings (SSSR count). The molecular weight excluding hydrogens is 536 g/mol. The predicted molar refractivity (Wildman–Crippen MR) is 150 cm³/mol. The Morgan fingerprint density at radius 3 is 2.20 bits per heavy atom. The zero-order valence-electron chi connectivity index (χ0n) is 22.6. The van der Waals surface area contributed by atoms with Crippen molar-refractivity contribution in [2.75, 3.05) is 11.9 Å². The van der Waals surface area contributed by atoms with Crippen LogP contribution in [0.15, 0.2) is 48.5 Å². The second-order valence-corrected chi connectivity index (χ2v) is 9.12. The number of non-ortho nitro benzene ring substituents is 1. The van der Waals surface area contributed by atoms with Gasteiger partial charge >= 0.3 is 5.97 Å². The molecule has 0 heterocycles. The van der Waals surface area contributed by atoms with Gasteiger partial charge in [-0.2, -0.15) is 0 Å². The Labute approximate surface area is 236 Å². The van der Waals surface area contributed by atoms with Crippen LogP contribution in [0.2, 0.25) is 0 Å². The van der Waals surface area contributed by atoms with Gasteiger partial charge in [0.2, 0.25) is 17.7 Å². The molecule has 0 aliphatic heterocycles. The van der Waals surface area contributed by atoms with Crippen molar-refractivity contribution >= 4 is 41.0 Å². The second kappa shape index (κ2) is 15.5. The monoisotopic (exact) mass is 570 g/mol. The standard InChI is InChI=1S/C26H34N8O7/c1-15(31-24(37)21(27)14-17-5-11-20(12-6-17)41-16(2)35)23(36)33-22(4-3-13-30-26(28)29)25(38)32-18-7-9-19(10-8-18)34(39)40/h5-12,15,21-22H,3-4,13-14,27H2,1-2H3,(H,31,37)(H,32,38)(H,33,36)(H4,28,29,30)/t15-,21-,22-/m0/s1. The molecule has 2 aromatic carbocycles. The molecule has 15 heteroatoms. The fourth-order valence-electron chi connectivity index (χ4n) is 3.58. The molecular formula is C26H34N8O7. The summed E-state index contributed by atoms with van der Waals surface area (Å²) in [4.78, 5) is 59.8. The summed E-state index contributed by atoms with van der Waals surface area (Å²) in [7, 11) is 0. The number of nitrogens with two attached hydrogens (primary N) is 2. The summed E-state index contributed by atoms with van der Waals surface area (Å²) in [5.41, 5.74) is 12.1. The maximum Gasteiger partial charge on any atom is 0.308 e. The number of carbonyl (C=O) groups excluding carboxylic acids is 4. The highest BCUT2D eigenvalue weighted by Gasteiger charge is 2.26. The van der Waals surface area contributed by atoms with Crippen LogP contribution in [0.5, 0.6) is 5.75 Å². The van der Waals surface area contributed by atoms with Gasteiger partial charge in [0.1, 0.15) is 17.8 Å². The van der Waals surface area contributed by atoms with Crippen LogP contribution in [0, 0.1) is 15.5 Å². The average molecular weight is 571 g/mol. The molecule has 0 saturated carbocycles. The first-order valence-electron chi connectivity index (χ1n) is 12.6. The lowest BCUT2D eigenvalue weighted by molar-refractivity contribution is -0.384. The molecule has 0 aliphatic rings. The lowest BCUT2D eigenvalue weighted by atomic mass is 10.1. The predicted octanol–water partition coefficient (Wildman–Crippen LogP) is 0.281. The van der Waals surface area contributed by atoms with E-state index in [4.69, 9.17) is 21.6 Å². The van der Waals surface area contributed by atoms with Gasteiger partial charge in [0, 0.05) is 31.3 Å². The van der Waals surface area contributed by atoms with Crippen LogP contribution < -0.4 is 37.5 Å². The molecule has 9 N–H and O–H groups in total. The fourth-order valence-corrected chi connectivity index (χ4v) is 3.58.